The van der Waals surface area contributed by atoms with Gasteiger partial charge in [-0.1, -0.05) is 5.16 Å². The van der Waals surface area contributed by atoms with Crippen molar-refractivity contribution in [1.82, 2.24) is 14.6 Å². The Hall–Kier alpha value is -2.78. The standard InChI is InChI=1S/C13H17N5O8S2/c1-5(2)26-17-7(6-4-27-13(14)15-6)10(19)16-8-9(12(21)25-3)18(11(8)20)28(22,23)24/h4-5,8-9H,1-3H3,(H2,14,15)(H,16,19)(H,22,23,24)/b17-7-. The van der Waals surface area contributed by atoms with Crippen molar-refractivity contribution < 1.29 is 36.9 Å². The molecule has 0 radical (unpaired) electrons. The SMILES string of the molecule is COC(=O)C1C(NC(=O)/C(=N\OC(C)C)c2csc(N)n2)C(=O)N1S(=O)(=O)O. The molecule has 2 unspecified atom stereocenters. The number of β-lactam (4-membered cyclic amide) rings is 1. The predicted octanol–water partition coefficient (Wildman–Crippen LogP) is -1.47. The number of nitrogen functional groups attached to an aromatic ring is 1. The molecule has 1 aromatic rings. The lowest BCUT2D eigenvalue weighted by Crippen LogP contribution is -2.74. The number of aromatic nitrogens is 1. The molecule has 2 atom stereocenters. The van der Waals surface area contributed by atoms with Crippen LogP contribution in [0.4, 0.5) is 5.13 Å². The van der Waals surface area contributed by atoms with Gasteiger partial charge in [0.15, 0.2) is 16.9 Å². The number of carbonyl (C=O) groups excluding carboxylic acids is 3. The second kappa shape index (κ2) is 8.07. The third-order valence-electron chi connectivity index (χ3n) is 3.36. The molecule has 0 saturated carbocycles. The van der Waals surface area contributed by atoms with E-state index in [4.69, 9.17) is 15.1 Å². The number of methoxy groups -OCH3 is 1. The molecule has 28 heavy (non-hydrogen) atoms. The van der Waals surface area contributed by atoms with Crippen LogP contribution in [0.5, 0.6) is 0 Å². The molecule has 1 aliphatic rings. The van der Waals surface area contributed by atoms with E-state index in [0.717, 1.165) is 18.4 Å². The zero-order valence-electron chi connectivity index (χ0n) is 14.8. The first-order chi connectivity index (χ1) is 13.0. The van der Waals surface area contributed by atoms with Gasteiger partial charge in [-0.2, -0.15) is 12.7 Å². The van der Waals surface area contributed by atoms with Gasteiger partial charge in [-0.15, -0.1) is 11.3 Å². The number of ether oxygens (including phenoxy) is 1. The highest BCUT2D eigenvalue weighted by Gasteiger charge is 2.58. The Labute approximate surface area is 163 Å². The fourth-order valence-corrected chi connectivity index (χ4v) is 3.57. The van der Waals surface area contributed by atoms with Crippen molar-refractivity contribution in [3.63, 3.8) is 0 Å². The van der Waals surface area contributed by atoms with Crippen molar-refractivity contribution in [2.45, 2.75) is 32.0 Å². The quantitative estimate of drug-likeness (QED) is 0.150. The number of nitrogens with two attached hydrogens (primary N) is 1. The maximum Gasteiger partial charge on any atom is 0.363 e. The summed E-state index contributed by atoms with van der Waals surface area (Å²) < 4.78 is 36.0. The van der Waals surface area contributed by atoms with Crippen molar-refractivity contribution in [2.24, 2.45) is 5.16 Å². The normalized spacial score (nSPS) is 20.0. The summed E-state index contributed by atoms with van der Waals surface area (Å²) in [5, 5.41) is 7.42. The molecular weight excluding hydrogens is 418 g/mol. The van der Waals surface area contributed by atoms with E-state index >= 15 is 0 Å². The van der Waals surface area contributed by atoms with Crippen LogP contribution in [0.25, 0.3) is 0 Å². The van der Waals surface area contributed by atoms with Gasteiger partial charge < -0.3 is 20.6 Å². The number of hydrogen-bond acceptors (Lipinski definition) is 11. The topological polar surface area (TPSA) is 191 Å². The number of amides is 2. The monoisotopic (exact) mass is 435 g/mol. The molecule has 1 saturated heterocycles. The summed E-state index contributed by atoms with van der Waals surface area (Å²) in [7, 11) is -4.08. The Bertz CT molecular complexity index is 925. The predicted molar refractivity (Wildman–Crippen MR) is 95.4 cm³/mol. The molecule has 154 valence electrons. The summed E-state index contributed by atoms with van der Waals surface area (Å²) in [5.74, 6) is -3.36. The molecule has 1 aliphatic heterocycles. The highest BCUT2D eigenvalue weighted by Crippen LogP contribution is 2.25. The summed E-state index contributed by atoms with van der Waals surface area (Å²) in [5.41, 5.74) is 5.25. The fourth-order valence-electron chi connectivity index (χ4n) is 2.18. The summed E-state index contributed by atoms with van der Waals surface area (Å²) in [6.45, 7) is 3.31. The van der Waals surface area contributed by atoms with E-state index in [1.54, 1.807) is 13.8 Å². The highest BCUT2D eigenvalue weighted by molar-refractivity contribution is 7.84. The number of rotatable bonds is 7. The molecule has 0 bridgehead atoms. The van der Waals surface area contributed by atoms with E-state index in [1.165, 1.54) is 5.38 Å². The maximum absolute atomic E-state index is 12.6. The Morgan fingerprint density at radius 3 is 2.57 bits per heavy atom. The van der Waals surface area contributed by atoms with Crippen molar-refractivity contribution >= 4 is 50.3 Å². The average molecular weight is 435 g/mol. The zero-order valence-corrected chi connectivity index (χ0v) is 16.5. The van der Waals surface area contributed by atoms with Crippen LogP contribution in [0.15, 0.2) is 10.5 Å². The van der Waals surface area contributed by atoms with Crippen molar-refractivity contribution in [2.75, 3.05) is 12.8 Å². The van der Waals surface area contributed by atoms with Crippen LogP contribution in [0.2, 0.25) is 0 Å². The van der Waals surface area contributed by atoms with Gasteiger partial charge in [-0.25, -0.2) is 9.78 Å². The Morgan fingerprint density at radius 1 is 1.46 bits per heavy atom. The lowest BCUT2D eigenvalue weighted by atomic mass is 9.98. The van der Waals surface area contributed by atoms with Crippen LogP contribution in [-0.4, -0.2) is 71.1 Å². The zero-order chi connectivity index (χ0) is 21.2. The van der Waals surface area contributed by atoms with Gasteiger partial charge in [0.2, 0.25) is 0 Å². The smallest absolute Gasteiger partial charge is 0.363 e. The Morgan fingerprint density at radius 2 is 2.11 bits per heavy atom. The summed E-state index contributed by atoms with van der Waals surface area (Å²) >= 11 is 1.03. The third kappa shape index (κ3) is 4.37. The average Bonchev–Trinajstić information content (AvgIpc) is 3.01. The summed E-state index contributed by atoms with van der Waals surface area (Å²) in [6.07, 6.45) is -0.387. The van der Waals surface area contributed by atoms with Crippen LogP contribution < -0.4 is 11.1 Å². The number of carbonyl (C=O) groups is 3. The molecule has 0 aliphatic carbocycles. The second-order valence-electron chi connectivity index (χ2n) is 5.70. The van der Waals surface area contributed by atoms with Crippen molar-refractivity contribution in [3.8, 4) is 0 Å². The highest BCUT2D eigenvalue weighted by atomic mass is 32.2. The number of nitrogens with one attached hydrogen (secondary N) is 1. The first-order valence-corrected chi connectivity index (χ1v) is 9.89. The minimum absolute atomic E-state index is 0.0497. The maximum atomic E-state index is 12.6. The van der Waals surface area contributed by atoms with E-state index in [9.17, 15) is 22.8 Å². The molecule has 1 fully saturated rings. The fraction of sp³-hybridized carbons (Fsp3) is 0.462. The molecule has 1 aromatic heterocycles. The minimum Gasteiger partial charge on any atom is -0.467 e. The van der Waals surface area contributed by atoms with Crippen LogP contribution >= 0.6 is 11.3 Å². The first kappa shape index (κ1) is 21.5. The molecule has 4 N–H and O–H groups in total. The minimum atomic E-state index is -5.03. The second-order valence-corrected chi connectivity index (χ2v) is 7.87. The van der Waals surface area contributed by atoms with Gasteiger partial charge in [0, 0.05) is 5.38 Å². The number of thiazole rings is 1. The lowest BCUT2D eigenvalue weighted by molar-refractivity contribution is -0.162. The van der Waals surface area contributed by atoms with E-state index in [-0.39, 0.29) is 26.9 Å². The Balaban J connectivity index is 2.30. The van der Waals surface area contributed by atoms with Gasteiger partial charge >= 0.3 is 16.3 Å². The van der Waals surface area contributed by atoms with Gasteiger partial charge in [-0.3, -0.25) is 14.1 Å². The summed E-state index contributed by atoms with van der Waals surface area (Å²) in [6, 6.07) is -3.38. The number of anilines is 1. The Kier molecular flexibility index (Phi) is 6.20. The number of nitrogens with zero attached hydrogens (tertiary/aromatic N) is 3. The largest absolute Gasteiger partial charge is 0.467 e. The summed E-state index contributed by atoms with van der Waals surface area (Å²) in [4.78, 5) is 45.4. The van der Waals surface area contributed by atoms with E-state index in [2.05, 4.69) is 20.2 Å². The molecule has 13 nitrogen and oxygen atoms in total. The first-order valence-electron chi connectivity index (χ1n) is 7.62. The van der Waals surface area contributed by atoms with Crippen molar-refractivity contribution in [3.05, 3.63) is 11.1 Å². The molecule has 2 heterocycles. The molecule has 2 amide bonds. The molecule has 15 heteroatoms. The van der Waals surface area contributed by atoms with Gasteiger partial charge in [0.05, 0.1) is 7.11 Å². The van der Waals surface area contributed by atoms with E-state index < -0.39 is 40.2 Å². The number of esters is 1. The van der Waals surface area contributed by atoms with Crippen molar-refractivity contribution in [1.29, 1.82) is 0 Å². The van der Waals surface area contributed by atoms with Gasteiger partial charge in [-0.05, 0) is 13.8 Å². The molecule has 0 aromatic carbocycles. The number of hydrogen-bond donors (Lipinski definition) is 3. The number of oxime groups is 1. The van der Waals surface area contributed by atoms with E-state index in [1.807, 2.05) is 0 Å². The van der Waals surface area contributed by atoms with Gasteiger partial charge in [0.25, 0.3) is 11.8 Å². The molecule has 2 rings (SSSR count). The van der Waals surface area contributed by atoms with Crippen LogP contribution in [-0.2, 0) is 34.3 Å². The third-order valence-corrected chi connectivity index (χ3v) is 4.94. The van der Waals surface area contributed by atoms with E-state index in [0.29, 0.717) is 0 Å². The van der Waals surface area contributed by atoms with Crippen LogP contribution in [0, 0.1) is 0 Å². The molecule has 0 spiro atoms. The van der Waals surface area contributed by atoms with Gasteiger partial charge in [0.1, 0.15) is 17.8 Å². The molecular formula is C13H17N5O8S2. The van der Waals surface area contributed by atoms with Crippen LogP contribution in [0.3, 0.4) is 0 Å². The van der Waals surface area contributed by atoms with Crippen LogP contribution in [0.1, 0.15) is 19.5 Å². The lowest BCUT2D eigenvalue weighted by Gasteiger charge is -2.41.